The Morgan fingerprint density at radius 2 is 1.28 bits per heavy atom. The summed E-state index contributed by atoms with van der Waals surface area (Å²) in [4.78, 5) is 12.9. The van der Waals surface area contributed by atoms with E-state index >= 15 is 0 Å². The largest absolute Gasteiger partial charge is 0.394 e. The first-order valence-corrected chi connectivity index (χ1v) is 18.2. The van der Waals surface area contributed by atoms with Crippen molar-refractivity contribution in [3.63, 3.8) is 0 Å². The van der Waals surface area contributed by atoms with E-state index in [4.69, 9.17) is 9.47 Å². The molecule has 1 aliphatic rings. The van der Waals surface area contributed by atoms with Gasteiger partial charge in [0.05, 0.1) is 25.4 Å². The number of aliphatic hydroxyl groups excluding tert-OH is 6. The van der Waals surface area contributed by atoms with Gasteiger partial charge in [-0.3, -0.25) is 4.79 Å². The third-order valence-electron chi connectivity index (χ3n) is 8.64. The Bertz CT molecular complexity index is 793. The van der Waals surface area contributed by atoms with Gasteiger partial charge in [-0.2, -0.15) is 0 Å². The lowest BCUT2D eigenvalue weighted by atomic mass is 9.99. The second kappa shape index (κ2) is 27.6. The van der Waals surface area contributed by atoms with Crippen LogP contribution in [0.2, 0.25) is 0 Å². The van der Waals surface area contributed by atoms with E-state index in [2.05, 4.69) is 31.3 Å². The van der Waals surface area contributed by atoms with E-state index in [1.54, 1.807) is 6.08 Å². The minimum Gasteiger partial charge on any atom is -0.394 e. The number of hydrogen-bond donors (Lipinski definition) is 7. The van der Waals surface area contributed by atoms with E-state index in [1.807, 2.05) is 6.08 Å². The third kappa shape index (κ3) is 18.8. The van der Waals surface area contributed by atoms with E-state index in [0.717, 1.165) is 32.1 Å². The molecule has 1 aliphatic heterocycles. The summed E-state index contributed by atoms with van der Waals surface area (Å²) in [5.41, 5.74) is 0. The number of aliphatic hydroxyl groups is 6. The van der Waals surface area contributed by atoms with Gasteiger partial charge in [0, 0.05) is 0 Å². The molecule has 1 fully saturated rings. The van der Waals surface area contributed by atoms with E-state index < -0.39 is 61.5 Å². The lowest BCUT2D eigenvalue weighted by molar-refractivity contribution is -0.302. The average Bonchev–Trinajstić information content (AvgIpc) is 3.05. The summed E-state index contributed by atoms with van der Waals surface area (Å²) in [5, 5.41) is 64.0. The highest BCUT2D eigenvalue weighted by molar-refractivity contribution is 5.80. The molecule has 1 rings (SSSR count). The predicted molar refractivity (Wildman–Crippen MR) is 181 cm³/mol. The molecule has 0 bridgehead atoms. The fourth-order valence-electron chi connectivity index (χ4n) is 5.53. The number of rotatable bonds is 28. The van der Waals surface area contributed by atoms with Gasteiger partial charge in [0.1, 0.15) is 30.5 Å². The van der Waals surface area contributed by atoms with Gasteiger partial charge in [0.15, 0.2) is 6.29 Å². The van der Waals surface area contributed by atoms with Crippen molar-refractivity contribution in [1.29, 1.82) is 0 Å². The van der Waals surface area contributed by atoms with Crippen molar-refractivity contribution in [2.45, 2.75) is 185 Å². The van der Waals surface area contributed by atoms with Crippen LogP contribution in [0.3, 0.4) is 0 Å². The molecule has 8 atom stereocenters. The van der Waals surface area contributed by atoms with Gasteiger partial charge in [0.2, 0.25) is 5.91 Å². The van der Waals surface area contributed by atoms with Crippen LogP contribution in [0, 0.1) is 0 Å². The van der Waals surface area contributed by atoms with Crippen LogP contribution in [0.4, 0.5) is 0 Å². The van der Waals surface area contributed by atoms with Crippen molar-refractivity contribution >= 4 is 5.91 Å². The fraction of sp³-hybridized carbons (Fsp3) is 0.861. The molecule has 1 amide bonds. The second-order valence-corrected chi connectivity index (χ2v) is 12.8. The first-order chi connectivity index (χ1) is 22.3. The Hall–Kier alpha value is -1.37. The molecule has 0 aromatic carbocycles. The van der Waals surface area contributed by atoms with Crippen molar-refractivity contribution < 1.29 is 44.9 Å². The topological polar surface area (TPSA) is 169 Å². The summed E-state index contributed by atoms with van der Waals surface area (Å²) in [6.07, 6.45) is 18.5. The summed E-state index contributed by atoms with van der Waals surface area (Å²) >= 11 is 0. The average molecular weight is 658 g/mol. The number of ether oxygens (including phenoxy) is 2. The first-order valence-electron chi connectivity index (χ1n) is 18.2. The maximum absolute atomic E-state index is 12.9. The van der Waals surface area contributed by atoms with Crippen LogP contribution in [-0.4, -0.2) is 98.7 Å². The zero-order valence-electron chi connectivity index (χ0n) is 28.7. The molecule has 0 saturated carbocycles. The molecule has 0 aliphatic carbocycles. The lowest BCUT2D eigenvalue weighted by Crippen LogP contribution is -2.60. The molecular formula is C36H67NO9. The van der Waals surface area contributed by atoms with Gasteiger partial charge in [-0.05, 0) is 32.1 Å². The maximum atomic E-state index is 12.9. The maximum Gasteiger partial charge on any atom is 0.249 e. The van der Waals surface area contributed by atoms with Crippen LogP contribution < -0.4 is 5.32 Å². The molecule has 10 nitrogen and oxygen atoms in total. The van der Waals surface area contributed by atoms with Crippen LogP contribution in [0.25, 0.3) is 0 Å². The third-order valence-corrected chi connectivity index (χ3v) is 8.64. The van der Waals surface area contributed by atoms with Crippen molar-refractivity contribution in [3.8, 4) is 0 Å². The minimum absolute atomic E-state index is 0.305. The Morgan fingerprint density at radius 3 is 1.89 bits per heavy atom. The Balaban J connectivity index is 2.60. The molecule has 0 aromatic rings. The number of carbonyl (C=O) groups excluding carboxylic acids is 1. The summed E-state index contributed by atoms with van der Waals surface area (Å²) in [6.45, 7) is 3.50. The quantitative estimate of drug-likeness (QED) is 0.0471. The van der Waals surface area contributed by atoms with E-state index in [1.165, 1.54) is 70.6 Å². The predicted octanol–water partition coefficient (Wildman–Crippen LogP) is 4.57. The number of nitrogens with one attached hydrogen (secondary N) is 1. The van der Waals surface area contributed by atoms with Gasteiger partial charge in [-0.25, -0.2) is 0 Å². The molecule has 10 heteroatoms. The Kier molecular flexibility index (Phi) is 25.6. The molecule has 8 unspecified atom stereocenters. The van der Waals surface area contributed by atoms with Crippen LogP contribution in [0.15, 0.2) is 24.3 Å². The van der Waals surface area contributed by atoms with Crippen molar-refractivity contribution in [3.05, 3.63) is 24.3 Å². The van der Waals surface area contributed by atoms with Crippen LogP contribution in [-0.2, 0) is 14.3 Å². The molecule has 270 valence electrons. The summed E-state index contributed by atoms with van der Waals surface area (Å²) < 4.78 is 11.0. The number of unbranched alkanes of at least 4 members (excludes halogenated alkanes) is 15. The van der Waals surface area contributed by atoms with Crippen LogP contribution in [0.5, 0.6) is 0 Å². The molecule has 1 saturated heterocycles. The number of hydrogen-bond acceptors (Lipinski definition) is 9. The van der Waals surface area contributed by atoms with Crippen molar-refractivity contribution in [2.24, 2.45) is 0 Å². The summed E-state index contributed by atoms with van der Waals surface area (Å²) in [6, 6.07) is -0.989. The molecule has 0 aromatic heterocycles. The fourth-order valence-corrected chi connectivity index (χ4v) is 5.53. The van der Waals surface area contributed by atoms with Crippen molar-refractivity contribution in [2.75, 3.05) is 13.2 Å². The minimum atomic E-state index is -1.61. The summed E-state index contributed by atoms with van der Waals surface area (Å²) in [5.74, 6) is -0.632. The number of carbonyl (C=O) groups is 1. The highest BCUT2D eigenvalue weighted by atomic mass is 16.7. The molecule has 0 radical (unpaired) electrons. The Labute approximate surface area is 278 Å². The SMILES string of the molecule is CCCCCCC/C=C/CC/C=C/C(O)C(COC1OC(CO)C(O)C(O)C1O)NC(=O)C(O)CCCCCCCCCCCC. The number of amides is 1. The normalized spacial score (nSPS) is 24.0. The highest BCUT2D eigenvalue weighted by Gasteiger charge is 2.44. The van der Waals surface area contributed by atoms with Gasteiger partial charge in [-0.15, -0.1) is 0 Å². The van der Waals surface area contributed by atoms with Gasteiger partial charge < -0.3 is 45.4 Å². The zero-order chi connectivity index (χ0) is 34.0. The van der Waals surface area contributed by atoms with E-state index in [0.29, 0.717) is 19.3 Å². The smallest absolute Gasteiger partial charge is 0.249 e. The van der Waals surface area contributed by atoms with Gasteiger partial charge >= 0.3 is 0 Å². The summed E-state index contributed by atoms with van der Waals surface area (Å²) in [7, 11) is 0. The Morgan fingerprint density at radius 1 is 0.739 bits per heavy atom. The van der Waals surface area contributed by atoms with Crippen LogP contribution in [0.1, 0.15) is 136 Å². The zero-order valence-corrected chi connectivity index (χ0v) is 28.7. The molecule has 46 heavy (non-hydrogen) atoms. The monoisotopic (exact) mass is 657 g/mol. The van der Waals surface area contributed by atoms with Crippen LogP contribution >= 0.6 is 0 Å². The van der Waals surface area contributed by atoms with E-state index in [-0.39, 0.29) is 6.61 Å². The number of allylic oxidation sites excluding steroid dienone is 3. The van der Waals surface area contributed by atoms with Gasteiger partial charge in [0.25, 0.3) is 0 Å². The molecule has 1 heterocycles. The molecule has 0 spiro atoms. The molecular weight excluding hydrogens is 590 g/mol. The standard InChI is InChI=1S/C36H67NO9/c1-3-5-7-9-11-13-15-17-18-20-22-24-29(39)28(27-45-36-34(43)33(42)32(41)31(26-38)46-36)37-35(44)30(40)25-23-21-19-16-14-12-10-8-6-4-2/h15,17,22,24,28-34,36,38-43H,3-14,16,18-21,23,25-27H2,1-2H3,(H,37,44)/b17-15+,24-22+. The molecule has 7 N–H and O–H groups in total. The lowest BCUT2D eigenvalue weighted by Gasteiger charge is -2.40. The van der Waals surface area contributed by atoms with E-state index in [9.17, 15) is 35.4 Å². The highest BCUT2D eigenvalue weighted by Crippen LogP contribution is 2.22. The van der Waals surface area contributed by atoms with Gasteiger partial charge in [-0.1, -0.05) is 128 Å². The second-order valence-electron chi connectivity index (χ2n) is 12.8. The first kappa shape index (κ1) is 42.7. The van der Waals surface area contributed by atoms with Crippen molar-refractivity contribution in [1.82, 2.24) is 5.32 Å².